The van der Waals surface area contributed by atoms with E-state index in [0.717, 1.165) is 31.8 Å². The lowest BCUT2D eigenvalue weighted by atomic mass is 9.97. The van der Waals surface area contributed by atoms with Crippen molar-refractivity contribution < 1.29 is 4.74 Å². The molecule has 0 bridgehead atoms. The topological polar surface area (TPSA) is 47.3 Å². The molecular weight excluding hydrogens is 236 g/mol. The number of anilines is 1. The molecule has 0 saturated carbocycles. The molecule has 2 atom stereocenters. The number of nitrogens with one attached hydrogen (secondary N) is 1. The van der Waals surface area contributed by atoms with Crippen LogP contribution in [0.3, 0.4) is 0 Å². The lowest BCUT2D eigenvalue weighted by Crippen LogP contribution is -2.32. The van der Waals surface area contributed by atoms with Gasteiger partial charge < -0.3 is 15.8 Å². The van der Waals surface area contributed by atoms with E-state index in [2.05, 4.69) is 24.4 Å². The molecule has 2 unspecified atom stereocenters. The summed E-state index contributed by atoms with van der Waals surface area (Å²) in [7, 11) is 0. The summed E-state index contributed by atoms with van der Waals surface area (Å²) in [6.07, 6.45) is 5.33. The predicted molar refractivity (Wildman–Crippen MR) is 80.3 cm³/mol. The Morgan fingerprint density at radius 2 is 2.11 bits per heavy atom. The Balaban J connectivity index is 1.63. The molecule has 0 spiro atoms. The Kier molecular flexibility index (Phi) is 5.67. The van der Waals surface area contributed by atoms with Crippen LogP contribution < -0.4 is 11.1 Å². The van der Waals surface area contributed by atoms with E-state index in [4.69, 9.17) is 10.5 Å². The number of nitrogen functional groups attached to an aromatic ring is 1. The third kappa shape index (κ3) is 4.84. The summed E-state index contributed by atoms with van der Waals surface area (Å²) in [5, 5.41) is 3.52. The summed E-state index contributed by atoms with van der Waals surface area (Å²) in [4.78, 5) is 0. The van der Waals surface area contributed by atoms with Gasteiger partial charge >= 0.3 is 0 Å². The van der Waals surface area contributed by atoms with Crippen molar-refractivity contribution in [1.82, 2.24) is 5.32 Å². The zero-order valence-electron chi connectivity index (χ0n) is 11.9. The average Bonchev–Trinajstić information content (AvgIpc) is 2.45. The van der Waals surface area contributed by atoms with Crippen molar-refractivity contribution in [2.75, 3.05) is 25.4 Å². The first-order valence-corrected chi connectivity index (χ1v) is 7.43. The van der Waals surface area contributed by atoms with E-state index in [-0.39, 0.29) is 0 Å². The number of nitrogens with two attached hydrogens (primary N) is 1. The molecule has 1 heterocycles. The molecule has 3 N–H and O–H groups in total. The largest absolute Gasteiger partial charge is 0.399 e. The molecule has 0 aliphatic carbocycles. The van der Waals surface area contributed by atoms with Gasteiger partial charge in [-0.1, -0.05) is 19.1 Å². The Morgan fingerprint density at radius 3 is 2.79 bits per heavy atom. The van der Waals surface area contributed by atoms with Crippen molar-refractivity contribution >= 4 is 5.69 Å². The molecule has 1 aliphatic rings. The van der Waals surface area contributed by atoms with Crippen molar-refractivity contribution in [2.45, 2.75) is 44.6 Å². The van der Waals surface area contributed by atoms with Crippen LogP contribution in [0.4, 0.5) is 5.69 Å². The van der Waals surface area contributed by atoms with E-state index in [9.17, 15) is 0 Å². The fourth-order valence-corrected chi connectivity index (χ4v) is 2.54. The second-order valence-electron chi connectivity index (χ2n) is 5.55. The lowest BCUT2D eigenvalue weighted by Gasteiger charge is -2.23. The van der Waals surface area contributed by atoms with Crippen LogP contribution in [0.2, 0.25) is 0 Å². The highest BCUT2D eigenvalue weighted by molar-refractivity contribution is 5.40. The molecule has 0 radical (unpaired) electrons. The first kappa shape index (κ1) is 14.4. The molecule has 3 nitrogen and oxygen atoms in total. The minimum Gasteiger partial charge on any atom is -0.399 e. The minimum atomic E-state index is 0.431. The van der Waals surface area contributed by atoms with E-state index >= 15 is 0 Å². The van der Waals surface area contributed by atoms with Gasteiger partial charge in [-0.3, -0.25) is 0 Å². The van der Waals surface area contributed by atoms with Gasteiger partial charge in [0, 0.05) is 18.8 Å². The fourth-order valence-electron chi connectivity index (χ4n) is 2.54. The molecular formula is C16H26N2O. The Labute approximate surface area is 116 Å². The fraction of sp³-hybridized carbons (Fsp3) is 0.625. The van der Waals surface area contributed by atoms with Crippen LogP contribution in [0.25, 0.3) is 0 Å². The second kappa shape index (κ2) is 7.51. The normalized spacial score (nSPS) is 21.2. The highest BCUT2D eigenvalue weighted by atomic mass is 16.5. The summed E-state index contributed by atoms with van der Waals surface area (Å²) in [5.41, 5.74) is 7.91. The van der Waals surface area contributed by atoms with Gasteiger partial charge in [0.15, 0.2) is 0 Å². The molecule has 0 aromatic heterocycles. The van der Waals surface area contributed by atoms with E-state index in [1.165, 1.54) is 24.8 Å². The highest BCUT2D eigenvalue weighted by Gasteiger charge is 2.13. The average molecular weight is 262 g/mol. The van der Waals surface area contributed by atoms with Gasteiger partial charge in [-0.2, -0.15) is 0 Å². The first-order chi connectivity index (χ1) is 9.25. The summed E-state index contributed by atoms with van der Waals surface area (Å²) in [5.74, 6) is 0.570. The molecule has 106 valence electrons. The predicted octanol–water partition coefficient (Wildman–Crippen LogP) is 2.92. The molecule has 2 rings (SSSR count). The van der Waals surface area contributed by atoms with Crippen molar-refractivity contribution in [3.05, 3.63) is 29.8 Å². The molecule has 0 amide bonds. The maximum absolute atomic E-state index is 5.71. The van der Waals surface area contributed by atoms with Gasteiger partial charge in [-0.05, 0) is 55.8 Å². The molecule has 1 aromatic carbocycles. The van der Waals surface area contributed by atoms with Crippen LogP contribution in [0.5, 0.6) is 0 Å². The van der Waals surface area contributed by atoms with Crippen LogP contribution in [-0.4, -0.2) is 25.8 Å². The van der Waals surface area contributed by atoms with Crippen LogP contribution in [-0.2, 0) is 4.74 Å². The second-order valence-corrected chi connectivity index (χ2v) is 5.55. The van der Waals surface area contributed by atoms with Crippen molar-refractivity contribution in [3.8, 4) is 0 Å². The number of hydrogen-bond donors (Lipinski definition) is 2. The zero-order chi connectivity index (χ0) is 13.5. The molecule has 1 saturated heterocycles. The quantitative estimate of drug-likeness (QED) is 0.612. The Hall–Kier alpha value is -1.06. The summed E-state index contributed by atoms with van der Waals surface area (Å²) in [6.45, 7) is 5.25. The van der Waals surface area contributed by atoms with Crippen molar-refractivity contribution in [3.63, 3.8) is 0 Å². The molecule has 3 heteroatoms. The van der Waals surface area contributed by atoms with Gasteiger partial charge in [0.25, 0.3) is 0 Å². The van der Waals surface area contributed by atoms with Gasteiger partial charge in [-0.15, -0.1) is 0 Å². The van der Waals surface area contributed by atoms with Crippen LogP contribution in [0.15, 0.2) is 24.3 Å². The monoisotopic (exact) mass is 262 g/mol. The SMILES string of the molecule is CC(CCNCC1CCCCO1)c1ccc(N)cc1. The van der Waals surface area contributed by atoms with E-state index in [1.807, 2.05) is 12.1 Å². The molecule has 1 fully saturated rings. The number of hydrogen-bond acceptors (Lipinski definition) is 3. The number of ether oxygens (including phenoxy) is 1. The zero-order valence-corrected chi connectivity index (χ0v) is 11.9. The lowest BCUT2D eigenvalue weighted by molar-refractivity contribution is 0.0170. The highest BCUT2D eigenvalue weighted by Crippen LogP contribution is 2.19. The smallest absolute Gasteiger partial charge is 0.0699 e. The maximum Gasteiger partial charge on any atom is 0.0699 e. The van der Waals surface area contributed by atoms with E-state index in [0.29, 0.717) is 12.0 Å². The Morgan fingerprint density at radius 1 is 1.32 bits per heavy atom. The van der Waals surface area contributed by atoms with Crippen molar-refractivity contribution in [2.24, 2.45) is 0 Å². The minimum absolute atomic E-state index is 0.431. The van der Waals surface area contributed by atoms with E-state index in [1.54, 1.807) is 0 Å². The molecule has 1 aromatic rings. The van der Waals surface area contributed by atoms with Gasteiger partial charge in [-0.25, -0.2) is 0 Å². The van der Waals surface area contributed by atoms with Crippen LogP contribution in [0.1, 0.15) is 44.1 Å². The van der Waals surface area contributed by atoms with Crippen molar-refractivity contribution in [1.29, 1.82) is 0 Å². The van der Waals surface area contributed by atoms with Crippen LogP contribution >= 0.6 is 0 Å². The first-order valence-electron chi connectivity index (χ1n) is 7.43. The third-order valence-corrected chi connectivity index (χ3v) is 3.91. The summed E-state index contributed by atoms with van der Waals surface area (Å²) >= 11 is 0. The molecule has 1 aliphatic heterocycles. The van der Waals surface area contributed by atoms with Gasteiger partial charge in [0.2, 0.25) is 0 Å². The van der Waals surface area contributed by atoms with Crippen LogP contribution in [0, 0.1) is 0 Å². The number of rotatable bonds is 6. The Bertz CT molecular complexity index is 358. The summed E-state index contributed by atoms with van der Waals surface area (Å²) < 4.78 is 5.71. The number of benzene rings is 1. The van der Waals surface area contributed by atoms with E-state index < -0.39 is 0 Å². The van der Waals surface area contributed by atoms with Gasteiger partial charge in [0.1, 0.15) is 0 Å². The summed E-state index contributed by atoms with van der Waals surface area (Å²) in [6, 6.07) is 8.22. The molecule has 19 heavy (non-hydrogen) atoms. The third-order valence-electron chi connectivity index (χ3n) is 3.91. The maximum atomic E-state index is 5.71. The standard InChI is InChI=1S/C16H26N2O/c1-13(14-5-7-15(17)8-6-14)9-10-18-12-16-4-2-3-11-19-16/h5-8,13,16,18H,2-4,9-12,17H2,1H3. The van der Waals surface area contributed by atoms with Gasteiger partial charge in [0.05, 0.1) is 6.10 Å².